The molecule has 2 heterocycles. The third kappa shape index (κ3) is 4.02. The summed E-state index contributed by atoms with van der Waals surface area (Å²) in [6.07, 6.45) is 1.38. The van der Waals surface area contributed by atoms with Gasteiger partial charge in [-0.15, -0.1) is 5.10 Å². The number of ether oxygens (including phenoxy) is 1. The summed E-state index contributed by atoms with van der Waals surface area (Å²) in [5, 5.41) is 11.6. The van der Waals surface area contributed by atoms with Crippen LogP contribution >= 0.6 is 11.8 Å². The van der Waals surface area contributed by atoms with Gasteiger partial charge in [0.1, 0.15) is 22.9 Å². The molecule has 0 saturated heterocycles. The summed E-state index contributed by atoms with van der Waals surface area (Å²) in [6.45, 7) is 0. The fraction of sp³-hybridized carbons (Fsp3) is 0.105. The highest BCUT2D eigenvalue weighted by atomic mass is 32.2. The predicted octanol–water partition coefficient (Wildman–Crippen LogP) is 3.09. The molecule has 4 rings (SSSR count). The average Bonchev–Trinajstić information content (AvgIpc) is 3.18. The molecule has 2 aromatic carbocycles. The predicted molar refractivity (Wildman–Crippen MR) is 107 cm³/mol. The zero-order valence-corrected chi connectivity index (χ0v) is 16.1. The van der Waals surface area contributed by atoms with Crippen molar-refractivity contribution in [3.8, 4) is 11.4 Å². The standard InChI is InChI=1S/C19H15FN6O2S/c1-28-15-5-3-2-4-14(15)23-16(27)10-29-19-17-18(21-11-22-19)26(25-24-17)13-8-6-12(20)7-9-13/h2-9,11H,10H2,1H3,(H,23,27). The van der Waals surface area contributed by atoms with Crippen LogP contribution in [0.15, 0.2) is 59.9 Å². The Morgan fingerprint density at radius 2 is 1.97 bits per heavy atom. The second-order valence-corrected chi connectivity index (χ2v) is 6.83. The fourth-order valence-corrected chi connectivity index (χ4v) is 3.39. The monoisotopic (exact) mass is 410 g/mol. The van der Waals surface area contributed by atoms with E-state index in [2.05, 4.69) is 25.6 Å². The number of rotatable bonds is 6. The Morgan fingerprint density at radius 3 is 2.76 bits per heavy atom. The number of anilines is 1. The molecule has 146 valence electrons. The second kappa shape index (κ2) is 8.23. The van der Waals surface area contributed by atoms with Crippen LogP contribution in [0.3, 0.4) is 0 Å². The van der Waals surface area contributed by atoms with E-state index in [1.807, 2.05) is 12.1 Å². The number of amides is 1. The van der Waals surface area contributed by atoms with E-state index in [9.17, 15) is 9.18 Å². The zero-order valence-electron chi connectivity index (χ0n) is 15.2. The Kier molecular flexibility index (Phi) is 5.34. The third-order valence-electron chi connectivity index (χ3n) is 4.00. The molecule has 0 atom stereocenters. The minimum Gasteiger partial charge on any atom is -0.495 e. The number of carbonyl (C=O) groups excluding carboxylic acids is 1. The number of para-hydroxylation sites is 2. The molecule has 0 bridgehead atoms. The first-order chi connectivity index (χ1) is 14.2. The molecule has 0 fully saturated rings. The number of hydrogen-bond donors (Lipinski definition) is 1. The van der Waals surface area contributed by atoms with E-state index in [1.54, 1.807) is 31.4 Å². The maximum Gasteiger partial charge on any atom is 0.234 e. The lowest BCUT2D eigenvalue weighted by atomic mass is 10.3. The first-order valence-electron chi connectivity index (χ1n) is 8.53. The summed E-state index contributed by atoms with van der Waals surface area (Å²) >= 11 is 1.22. The Balaban J connectivity index is 1.51. The number of fused-ring (bicyclic) bond motifs is 1. The van der Waals surface area contributed by atoms with Crippen molar-refractivity contribution in [2.45, 2.75) is 5.03 Å². The average molecular weight is 410 g/mol. The minimum atomic E-state index is -0.342. The van der Waals surface area contributed by atoms with Crippen molar-refractivity contribution >= 4 is 34.5 Å². The molecule has 0 aliphatic carbocycles. The highest BCUT2D eigenvalue weighted by Crippen LogP contribution is 2.26. The van der Waals surface area contributed by atoms with Gasteiger partial charge in [0.2, 0.25) is 5.91 Å². The lowest BCUT2D eigenvalue weighted by Crippen LogP contribution is -2.14. The smallest absolute Gasteiger partial charge is 0.234 e. The largest absolute Gasteiger partial charge is 0.495 e. The van der Waals surface area contributed by atoms with Crippen LogP contribution in [0.5, 0.6) is 5.75 Å². The van der Waals surface area contributed by atoms with E-state index in [0.717, 1.165) is 0 Å². The van der Waals surface area contributed by atoms with Gasteiger partial charge in [0.15, 0.2) is 11.2 Å². The second-order valence-electron chi connectivity index (χ2n) is 5.87. The molecule has 0 saturated carbocycles. The minimum absolute atomic E-state index is 0.119. The van der Waals surface area contributed by atoms with Crippen LogP contribution in [0, 0.1) is 5.82 Å². The van der Waals surface area contributed by atoms with E-state index >= 15 is 0 Å². The maximum absolute atomic E-state index is 13.2. The lowest BCUT2D eigenvalue weighted by molar-refractivity contribution is -0.113. The third-order valence-corrected chi connectivity index (χ3v) is 4.98. The topological polar surface area (TPSA) is 94.8 Å². The SMILES string of the molecule is COc1ccccc1NC(=O)CSc1ncnc2c1nnn2-c1ccc(F)cc1. The molecule has 0 spiro atoms. The number of nitrogens with zero attached hydrogens (tertiary/aromatic N) is 5. The summed E-state index contributed by atoms with van der Waals surface area (Å²) in [5.74, 6) is 0.146. The quantitative estimate of drug-likeness (QED) is 0.385. The number of methoxy groups -OCH3 is 1. The molecule has 0 unspecified atom stereocenters. The van der Waals surface area contributed by atoms with Crippen LogP contribution in [-0.4, -0.2) is 43.7 Å². The zero-order chi connectivity index (χ0) is 20.2. The highest BCUT2D eigenvalue weighted by Gasteiger charge is 2.15. The Morgan fingerprint density at radius 1 is 1.17 bits per heavy atom. The van der Waals surface area contributed by atoms with E-state index in [1.165, 1.54) is 34.9 Å². The normalized spacial score (nSPS) is 10.8. The van der Waals surface area contributed by atoms with Crippen molar-refractivity contribution in [3.05, 3.63) is 60.7 Å². The number of thioether (sulfide) groups is 1. The Labute approximate surface area is 169 Å². The van der Waals surface area contributed by atoms with Crippen molar-refractivity contribution in [1.29, 1.82) is 0 Å². The van der Waals surface area contributed by atoms with Gasteiger partial charge in [-0.25, -0.2) is 14.4 Å². The van der Waals surface area contributed by atoms with Gasteiger partial charge in [-0.05, 0) is 36.4 Å². The van der Waals surface area contributed by atoms with Gasteiger partial charge < -0.3 is 10.1 Å². The van der Waals surface area contributed by atoms with Crippen LogP contribution in [0.1, 0.15) is 0 Å². The molecule has 2 aromatic heterocycles. The molecule has 8 nitrogen and oxygen atoms in total. The molecule has 29 heavy (non-hydrogen) atoms. The number of aromatic nitrogens is 5. The molecular formula is C19H15FN6O2S. The number of carbonyl (C=O) groups is 1. The van der Waals surface area contributed by atoms with Gasteiger partial charge in [0.05, 0.1) is 24.2 Å². The van der Waals surface area contributed by atoms with Gasteiger partial charge in [-0.3, -0.25) is 4.79 Å². The molecule has 1 N–H and O–H groups in total. The summed E-state index contributed by atoms with van der Waals surface area (Å²) in [7, 11) is 1.54. The molecule has 1 amide bonds. The van der Waals surface area contributed by atoms with Crippen molar-refractivity contribution in [1.82, 2.24) is 25.0 Å². The Bertz CT molecular complexity index is 1170. The first-order valence-corrected chi connectivity index (χ1v) is 9.52. The number of halogens is 1. The molecular weight excluding hydrogens is 395 g/mol. The fourth-order valence-electron chi connectivity index (χ4n) is 2.66. The summed E-state index contributed by atoms with van der Waals surface area (Å²) in [6, 6.07) is 13.0. The number of nitrogens with one attached hydrogen (secondary N) is 1. The summed E-state index contributed by atoms with van der Waals surface area (Å²) in [5.41, 5.74) is 2.15. The molecule has 10 heteroatoms. The summed E-state index contributed by atoms with van der Waals surface area (Å²) < 4.78 is 19.9. The van der Waals surface area contributed by atoms with Crippen LogP contribution in [-0.2, 0) is 4.79 Å². The van der Waals surface area contributed by atoms with Crippen molar-refractivity contribution in [2.75, 3.05) is 18.2 Å². The van der Waals surface area contributed by atoms with Gasteiger partial charge in [-0.1, -0.05) is 29.1 Å². The molecule has 0 aliphatic rings. The van der Waals surface area contributed by atoms with Crippen molar-refractivity contribution < 1.29 is 13.9 Å². The van der Waals surface area contributed by atoms with Crippen LogP contribution in [0.25, 0.3) is 16.9 Å². The van der Waals surface area contributed by atoms with E-state index in [-0.39, 0.29) is 17.5 Å². The van der Waals surface area contributed by atoms with Crippen molar-refractivity contribution in [2.24, 2.45) is 0 Å². The van der Waals surface area contributed by atoms with Crippen molar-refractivity contribution in [3.63, 3.8) is 0 Å². The van der Waals surface area contributed by atoms with E-state index < -0.39 is 0 Å². The van der Waals surface area contributed by atoms with Crippen LogP contribution in [0.2, 0.25) is 0 Å². The summed E-state index contributed by atoms with van der Waals surface area (Å²) in [4.78, 5) is 20.8. The van der Waals surface area contributed by atoms with E-state index in [4.69, 9.17) is 4.74 Å². The maximum atomic E-state index is 13.2. The highest BCUT2D eigenvalue weighted by molar-refractivity contribution is 8.00. The van der Waals surface area contributed by atoms with E-state index in [0.29, 0.717) is 33.3 Å². The number of benzene rings is 2. The first kappa shape index (κ1) is 18.8. The van der Waals surface area contributed by atoms with Gasteiger partial charge in [0, 0.05) is 0 Å². The van der Waals surface area contributed by atoms with Gasteiger partial charge in [-0.2, -0.15) is 4.68 Å². The lowest BCUT2D eigenvalue weighted by Gasteiger charge is -2.09. The number of hydrogen-bond acceptors (Lipinski definition) is 7. The van der Waals surface area contributed by atoms with Crippen LogP contribution in [0.4, 0.5) is 10.1 Å². The van der Waals surface area contributed by atoms with Crippen LogP contribution < -0.4 is 10.1 Å². The molecule has 0 aliphatic heterocycles. The molecule has 0 radical (unpaired) electrons. The Hall–Kier alpha value is -3.53. The van der Waals surface area contributed by atoms with Gasteiger partial charge >= 0.3 is 0 Å². The molecule has 4 aromatic rings. The van der Waals surface area contributed by atoms with Gasteiger partial charge in [0.25, 0.3) is 0 Å².